The number of rotatable bonds is 7. The average Bonchev–Trinajstić information content (AvgIpc) is 2.89. The van der Waals surface area contributed by atoms with Crippen molar-refractivity contribution in [1.29, 1.82) is 0 Å². The number of nitrogens with one attached hydrogen (secondary N) is 1. The van der Waals surface area contributed by atoms with Gasteiger partial charge in [0.25, 0.3) is 0 Å². The van der Waals surface area contributed by atoms with Crippen molar-refractivity contribution in [2.75, 3.05) is 6.54 Å². The molecule has 0 saturated carbocycles. The summed E-state index contributed by atoms with van der Waals surface area (Å²) in [6.07, 6.45) is 1.07. The van der Waals surface area contributed by atoms with Gasteiger partial charge in [-0.3, -0.25) is 0 Å². The minimum atomic E-state index is 0.331. The Kier molecular flexibility index (Phi) is 5.06. The first-order valence-electron chi connectivity index (χ1n) is 6.92. The maximum Gasteiger partial charge on any atom is 0.212 e. The lowest BCUT2D eigenvalue weighted by Crippen LogP contribution is -2.19. The van der Waals surface area contributed by atoms with E-state index in [9.17, 15) is 0 Å². The molecule has 0 aliphatic carbocycles. The van der Waals surface area contributed by atoms with Crippen molar-refractivity contribution < 1.29 is 4.74 Å². The summed E-state index contributed by atoms with van der Waals surface area (Å²) >= 11 is 0. The largest absolute Gasteiger partial charge is 0.485 e. The van der Waals surface area contributed by atoms with E-state index in [1.54, 1.807) is 7.05 Å². The van der Waals surface area contributed by atoms with E-state index in [0.717, 1.165) is 18.7 Å². The molecule has 0 fully saturated rings. The van der Waals surface area contributed by atoms with Crippen LogP contribution in [0, 0.1) is 0 Å². The van der Waals surface area contributed by atoms with Gasteiger partial charge in [-0.05, 0) is 35.9 Å². The number of hydrogen-bond donors (Lipinski definition) is 1. The summed E-state index contributed by atoms with van der Waals surface area (Å²) < 4.78 is 5.63. The first kappa shape index (κ1) is 14.5. The number of benzene rings is 1. The Labute approximate surface area is 119 Å². The van der Waals surface area contributed by atoms with E-state index < -0.39 is 0 Å². The number of aromatic nitrogens is 4. The number of aryl methyl sites for hydroxylation is 1. The van der Waals surface area contributed by atoms with Crippen LogP contribution in [-0.2, 0) is 13.7 Å². The third kappa shape index (κ3) is 3.77. The van der Waals surface area contributed by atoms with Gasteiger partial charge in [-0.25, -0.2) is 0 Å². The van der Waals surface area contributed by atoms with Crippen LogP contribution in [0.15, 0.2) is 24.3 Å². The molecule has 2 aromatic rings. The van der Waals surface area contributed by atoms with Crippen molar-refractivity contribution in [3.05, 3.63) is 35.7 Å². The predicted molar refractivity (Wildman–Crippen MR) is 76.3 cm³/mol. The second-order valence-corrected chi connectivity index (χ2v) is 4.57. The fourth-order valence-corrected chi connectivity index (χ4v) is 2.07. The maximum atomic E-state index is 5.63. The highest BCUT2D eigenvalue weighted by Crippen LogP contribution is 2.20. The highest BCUT2D eigenvalue weighted by molar-refractivity contribution is 5.29. The Hall–Kier alpha value is -1.95. The van der Waals surface area contributed by atoms with Gasteiger partial charge in [-0.2, -0.15) is 4.80 Å². The van der Waals surface area contributed by atoms with Crippen molar-refractivity contribution in [2.24, 2.45) is 7.05 Å². The van der Waals surface area contributed by atoms with Crippen molar-refractivity contribution in [1.82, 2.24) is 25.5 Å². The molecule has 6 heteroatoms. The zero-order chi connectivity index (χ0) is 14.4. The molecule has 1 atom stereocenters. The quantitative estimate of drug-likeness (QED) is 0.835. The predicted octanol–water partition coefficient (Wildman–Crippen LogP) is 1.85. The third-order valence-corrected chi connectivity index (χ3v) is 3.06. The van der Waals surface area contributed by atoms with Crippen molar-refractivity contribution in [3.63, 3.8) is 0 Å². The first-order chi connectivity index (χ1) is 9.72. The molecule has 1 aromatic heterocycles. The number of hydrogen-bond acceptors (Lipinski definition) is 5. The van der Waals surface area contributed by atoms with Crippen LogP contribution < -0.4 is 10.1 Å². The van der Waals surface area contributed by atoms with Crippen LogP contribution in [0.4, 0.5) is 0 Å². The fraction of sp³-hybridized carbons (Fsp3) is 0.500. The molecule has 0 saturated heterocycles. The van der Waals surface area contributed by atoms with E-state index in [4.69, 9.17) is 4.74 Å². The van der Waals surface area contributed by atoms with Gasteiger partial charge in [0.2, 0.25) is 5.82 Å². The Balaban J connectivity index is 1.94. The lowest BCUT2D eigenvalue weighted by Gasteiger charge is -2.16. The van der Waals surface area contributed by atoms with E-state index in [1.165, 1.54) is 10.4 Å². The molecule has 1 aromatic carbocycles. The molecule has 0 aliphatic rings. The lowest BCUT2D eigenvalue weighted by atomic mass is 10.0. The summed E-state index contributed by atoms with van der Waals surface area (Å²) in [7, 11) is 1.73. The molecule has 1 unspecified atom stereocenters. The zero-order valence-electron chi connectivity index (χ0n) is 12.2. The molecule has 0 amide bonds. The topological polar surface area (TPSA) is 64.9 Å². The van der Waals surface area contributed by atoms with Gasteiger partial charge in [0.15, 0.2) is 6.61 Å². The van der Waals surface area contributed by atoms with Gasteiger partial charge >= 0.3 is 0 Å². The molecular formula is C14H21N5O. The van der Waals surface area contributed by atoms with Crippen LogP contribution in [0.25, 0.3) is 0 Å². The van der Waals surface area contributed by atoms with E-state index in [-0.39, 0.29) is 0 Å². The average molecular weight is 275 g/mol. The monoisotopic (exact) mass is 275 g/mol. The van der Waals surface area contributed by atoms with Crippen molar-refractivity contribution in [2.45, 2.75) is 32.9 Å². The Morgan fingerprint density at radius 3 is 2.55 bits per heavy atom. The Morgan fingerprint density at radius 2 is 2.00 bits per heavy atom. The van der Waals surface area contributed by atoms with E-state index in [2.05, 4.69) is 46.7 Å². The highest BCUT2D eigenvalue weighted by atomic mass is 16.5. The SMILES string of the molecule is CCNC(CC)c1ccc(OCc2nnn(C)n2)cc1. The van der Waals surface area contributed by atoms with Gasteiger partial charge in [-0.1, -0.05) is 26.0 Å². The molecule has 0 bridgehead atoms. The molecule has 0 radical (unpaired) electrons. The minimum Gasteiger partial charge on any atom is -0.485 e. The second kappa shape index (κ2) is 7.00. The highest BCUT2D eigenvalue weighted by Gasteiger charge is 2.08. The summed E-state index contributed by atoms with van der Waals surface area (Å²) in [5.41, 5.74) is 1.28. The normalized spacial score (nSPS) is 12.3. The summed E-state index contributed by atoms with van der Waals surface area (Å²) in [4.78, 5) is 1.42. The molecule has 6 nitrogen and oxygen atoms in total. The fourth-order valence-electron chi connectivity index (χ4n) is 2.07. The maximum absolute atomic E-state index is 5.63. The second-order valence-electron chi connectivity index (χ2n) is 4.57. The van der Waals surface area contributed by atoms with Crippen LogP contribution in [0.2, 0.25) is 0 Å². The van der Waals surface area contributed by atoms with E-state index in [0.29, 0.717) is 18.5 Å². The number of ether oxygens (including phenoxy) is 1. The molecular weight excluding hydrogens is 254 g/mol. The molecule has 1 heterocycles. The number of tetrazole rings is 1. The zero-order valence-corrected chi connectivity index (χ0v) is 12.2. The number of nitrogens with zero attached hydrogens (tertiary/aromatic N) is 4. The molecule has 0 spiro atoms. The van der Waals surface area contributed by atoms with Gasteiger partial charge in [0.05, 0.1) is 7.05 Å². The van der Waals surface area contributed by atoms with E-state index >= 15 is 0 Å². The van der Waals surface area contributed by atoms with Crippen LogP contribution in [-0.4, -0.2) is 26.8 Å². The van der Waals surface area contributed by atoms with Crippen LogP contribution >= 0.6 is 0 Å². The minimum absolute atomic E-state index is 0.331. The van der Waals surface area contributed by atoms with Crippen LogP contribution in [0.3, 0.4) is 0 Å². The van der Waals surface area contributed by atoms with Crippen LogP contribution in [0.5, 0.6) is 5.75 Å². The van der Waals surface area contributed by atoms with Gasteiger partial charge in [-0.15, -0.1) is 10.2 Å². The molecule has 0 aliphatic heterocycles. The third-order valence-electron chi connectivity index (χ3n) is 3.06. The van der Waals surface area contributed by atoms with Crippen molar-refractivity contribution in [3.8, 4) is 5.75 Å². The lowest BCUT2D eigenvalue weighted by molar-refractivity contribution is 0.295. The molecule has 1 N–H and O–H groups in total. The van der Waals surface area contributed by atoms with Gasteiger partial charge in [0.1, 0.15) is 5.75 Å². The summed E-state index contributed by atoms with van der Waals surface area (Å²) in [5, 5.41) is 15.2. The van der Waals surface area contributed by atoms with Gasteiger partial charge in [0, 0.05) is 6.04 Å². The Bertz CT molecular complexity index is 523. The standard InChI is InChI=1S/C14H21N5O/c1-4-13(15-5-2)11-6-8-12(9-7-11)20-10-14-16-18-19(3)17-14/h6-9,13,15H,4-5,10H2,1-3H3. The molecule has 20 heavy (non-hydrogen) atoms. The van der Waals surface area contributed by atoms with E-state index in [1.807, 2.05) is 12.1 Å². The van der Waals surface area contributed by atoms with Crippen LogP contribution in [0.1, 0.15) is 37.7 Å². The van der Waals surface area contributed by atoms with Gasteiger partial charge < -0.3 is 10.1 Å². The summed E-state index contributed by atoms with van der Waals surface area (Å²) in [6.45, 7) is 5.60. The Morgan fingerprint density at radius 1 is 1.25 bits per heavy atom. The first-order valence-corrected chi connectivity index (χ1v) is 6.92. The summed E-state index contributed by atoms with van der Waals surface area (Å²) in [6, 6.07) is 8.54. The van der Waals surface area contributed by atoms with Crippen molar-refractivity contribution >= 4 is 0 Å². The molecule has 108 valence electrons. The molecule has 2 rings (SSSR count). The summed E-state index contributed by atoms with van der Waals surface area (Å²) in [5.74, 6) is 1.39. The smallest absolute Gasteiger partial charge is 0.212 e.